The first-order valence-electron chi connectivity index (χ1n) is 5.91. The molecular weight excluding hydrogens is 230 g/mol. The van der Waals surface area contributed by atoms with Gasteiger partial charge >= 0.3 is 0 Å². The second-order valence-corrected chi connectivity index (χ2v) is 4.14. The molecule has 5 nitrogen and oxygen atoms in total. The Bertz CT molecular complexity index is 511. The van der Waals surface area contributed by atoms with Crippen LogP contribution in [0.1, 0.15) is 5.69 Å². The van der Waals surface area contributed by atoms with E-state index in [0.29, 0.717) is 6.61 Å². The lowest BCUT2D eigenvalue weighted by molar-refractivity contribution is 0.301. The Hall–Kier alpha value is -2.17. The molecule has 1 aliphatic heterocycles. The fraction of sp³-hybridized carbons (Fsp3) is 0.308. The minimum Gasteiger partial charge on any atom is -0.494 e. The van der Waals surface area contributed by atoms with Gasteiger partial charge in [-0.15, -0.1) is 0 Å². The number of nitrogens with zero attached hydrogens (tertiary/aromatic N) is 2. The number of fused-ring (bicyclic) bond motifs is 1. The van der Waals surface area contributed by atoms with Crippen LogP contribution in [0, 0.1) is 0 Å². The molecule has 0 bridgehead atoms. The van der Waals surface area contributed by atoms with Gasteiger partial charge in [0.2, 0.25) is 0 Å². The summed E-state index contributed by atoms with van der Waals surface area (Å²) in [5, 5.41) is 0. The highest BCUT2D eigenvalue weighted by Crippen LogP contribution is 2.40. The summed E-state index contributed by atoms with van der Waals surface area (Å²) >= 11 is 0. The number of rotatable bonds is 3. The van der Waals surface area contributed by atoms with Gasteiger partial charge in [-0.05, 0) is 12.1 Å². The van der Waals surface area contributed by atoms with Gasteiger partial charge in [0.15, 0.2) is 0 Å². The van der Waals surface area contributed by atoms with Gasteiger partial charge in [0.25, 0.3) is 0 Å². The van der Waals surface area contributed by atoms with Crippen molar-refractivity contribution < 1.29 is 9.47 Å². The molecule has 1 aromatic carbocycles. The van der Waals surface area contributed by atoms with Crippen molar-refractivity contribution in [2.75, 3.05) is 25.2 Å². The molecule has 0 fully saturated rings. The number of aromatic amines is 1. The molecule has 0 spiro atoms. The van der Waals surface area contributed by atoms with Crippen LogP contribution in [0.2, 0.25) is 0 Å². The number of para-hydroxylation sites is 1. The standard InChI is InChI=1S/C13H15N3O2/c1-17-11-3-2-4-12-13(11)16(5-6-18-12)8-10-7-14-9-15-10/h2-4,7,9H,5-6,8H2,1H3,(H,14,15). The number of H-pyrrole nitrogens is 1. The summed E-state index contributed by atoms with van der Waals surface area (Å²) in [6, 6.07) is 5.86. The number of benzene rings is 1. The molecule has 0 aliphatic carbocycles. The van der Waals surface area contributed by atoms with Crippen molar-refractivity contribution in [3.8, 4) is 11.5 Å². The van der Waals surface area contributed by atoms with E-state index < -0.39 is 0 Å². The molecular formula is C13H15N3O2. The Morgan fingerprint density at radius 1 is 1.50 bits per heavy atom. The number of imidazole rings is 1. The molecule has 1 aliphatic rings. The summed E-state index contributed by atoms with van der Waals surface area (Å²) in [5.74, 6) is 1.71. The summed E-state index contributed by atoms with van der Waals surface area (Å²) in [6.45, 7) is 2.27. The predicted octanol–water partition coefficient (Wildman–Crippen LogP) is 1.82. The van der Waals surface area contributed by atoms with E-state index in [4.69, 9.17) is 9.47 Å². The summed E-state index contributed by atoms with van der Waals surface area (Å²) in [6.07, 6.45) is 3.60. The van der Waals surface area contributed by atoms with Crippen LogP contribution in [0.5, 0.6) is 11.5 Å². The van der Waals surface area contributed by atoms with Crippen LogP contribution < -0.4 is 14.4 Å². The van der Waals surface area contributed by atoms with Crippen LogP contribution in [0.25, 0.3) is 0 Å². The molecule has 3 rings (SSSR count). The zero-order valence-corrected chi connectivity index (χ0v) is 10.2. The molecule has 1 N–H and O–H groups in total. The van der Waals surface area contributed by atoms with Crippen LogP contribution in [0.3, 0.4) is 0 Å². The SMILES string of the molecule is COc1cccc2c1N(Cc1c[nH]cn1)CCO2. The lowest BCUT2D eigenvalue weighted by Gasteiger charge is -2.31. The molecule has 0 saturated heterocycles. The average Bonchev–Trinajstić information content (AvgIpc) is 2.91. The van der Waals surface area contributed by atoms with Crippen molar-refractivity contribution in [3.63, 3.8) is 0 Å². The van der Waals surface area contributed by atoms with Gasteiger partial charge in [-0.3, -0.25) is 0 Å². The first-order valence-corrected chi connectivity index (χ1v) is 5.91. The van der Waals surface area contributed by atoms with Crippen molar-refractivity contribution >= 4 is 5.69 Å². The van der Waals surface area contributed by atoms with Crippen molar-refractivity contribution in [2.24, 2.45) is 0 Å². The van der Waals surface area contributed by atoms with E-state index in [-0.39, 0.29) is 0 Å². The normalized spacial score (nSPS) is 13.9. The molecule has 0 radical (unpaired) electrons. The first-order chi connectivity index (χ1) is 8.88. The zero-order valence-electron chi connectivity index (χ0n) is 10.2. The molecule has 2 heterocycles. The number of ether oxygens (including phenoxy) is 2. The van der Waals surface area contributed by atoms with Gasteiger partial charge in [0, 0.05) is 6.20 Å². The first kappa shape index (κ1) is 11.0. The van der Waals surface area contributed by atoms with Crippen molar-refractivity contribution in [1.29, 1.82) is 0 Å². The van der Waals surface area contributed by atoms with E-state index in [1.165, 1.54) is 0 Å². The number of hydrogen-bond acceptors (Lipinski definition) is 4. The number of hydrogen-bond donors (Lipinski definition) is 1. The Labute approximate surface area is 105 Å². The molecule has 0 saturated carbocycles. The third-order valence-electron chi connectivity index (χ3n) is 3.02. The summed E-state index contributed by atoms with van der Waals surface area (Å²) in [5.41, 5.74) is 2.02. The molecule has 0 amide bonds. The van der Waals surface area contributed by atoms with E-state index in [2.05, 4.69) is 14.9 Å². The zero-order chi connectivity index (χ0) is 12.4. The minimum absolute atomic E-state index is 0.685. The maximum absolute atomic E-state index is 5.67. The fourth-order valence-corrected chi connectivity index (χ4v) is 2.20. The van der Waals surface area contributed by atoms with Crippen LogP contribution in [0.15, 0.2) is 30.7 Å². The number of methoxy groups -OCH3 is 1. The molecule has 0 unspecified atom stereocenters. The summed E-state index contributed by atoms with van der Waals surface area (Å²) < 4.78 is 11.1. The second-order valence-electron chi connectivity index (χ2n) is 4.14. The monoisotopic (exact) mass is 245 g/mol. The Morgan fingerprint density at radius 3 is 3.22 bits per heavy atom. The molecule has 5 heteroatoms. The smallest absolute Gasteiger partial charge is 0.146 e. The van der Waals surface area contributed by atoms with E-state index in [0.717, 1.165) is 36.0 Å². The lowest BCUT2D eigenvalue weighted by atomic mass is 10.2. The highest BCUT2D eigenvalue weighted by molar-refractivity contribution is 5.68. The van der Waals surface area contributed by atoms with E-state index in [1.807, 2.05) is 24.4 Å². The highest BCUT2D eigenvalue weighted by atomic mass is 16.5. The Balaban J connectivity index is 1.95. The van der Waals surface area contributed by atoms with Crippen LogP contribution in [0.4, 0.5) is 5.69 Å². The van der Waals surface area contributed by atoms with E-state index in [9.17, 15) is 0 Å². The predicted molar refractivity (Wildman–Crippen MR) is 68.1 cm³/mol. The van der Waals surface area contributed by atoms with Gasteiger partial charge in [0.1, 0.15) is 23.8 Å². The maximum Gasteiger partial charge on any atom is 0.146 e. The van der Waals surface area contributed by atoms with E-state index in [1.54, 1.807) is 13.4 Å². The highest BCUT2D eigenvalue weighted by Gasteiger charge is 2.22. The Kier molecular flexibility index (Phi) is 2.80. The quantitative estimate of drug-likeness (QED) is 0.896. The fourth-order valence-electron chi connectivity index (χ4n) is 2.20. The molecule has 94 valence electrons. The van der Waals surface area contributed by atoms with Crippen LogP contribution in [-0.2, 0) is 6.54 Å². The van der Waals surface area contributed by atoms with Gasteiger partial charge in [-0.2, -0.15) is 0 Å². The lowest BCUT2D eigenvalue weighted by Crippen LogP contribution is -2.32. The third-order valence-corrected chi connectivity index (χ3v) is 3.02. The summed E-state index contributed by atoms with van der Waals surface area (Å²) in [7, 11) is 1.68. The minimum atomic E-state index is 0.685. The van der Waals surface area contributed by atoms with Crippen molar-refractivity contribution in [1.82, 2.24) is 9.97 Å². The van der Waals surface area contributed by atoms with Crippen molar-refractivity contribution in [2.45, 2.75) is 6.54 Å². The summed E-state index contributed by atoms with van der Waals surface area (Å²) in [4.78, 5) is 9.46. The van der Waals surface area contributed by atoms with E-state index >= 15 is 0 Å². The number of nitrogens with one attached hydrogen (secondary N) is 1. The molecule has 18 heavy (non-hydrogen) atoms. The van der Waals surface area contributed by atoms with Gasteiger partial charge in [-0.1, -0.05) is 6.07 Å². The molecule has 1 aromatic heterocycles. The number of aromatic nitrogens is 2. The maximum atomic E-state index is 5.67. The average molecular weight is 245 g/mol. The Morgan fingerprint density at radius 2 is 2.44 bits per heavy atom. The van der Waals surface area contributed by atoms with Gasteiger partial charge in [0.05, 0.1) is 32.2 Å². The van der Waals surface area contributed by atoms with Gasteiger partial charge < -0.3 is 19.4 Å². The molecule has 2 aromatic rings. The third kappa shape index (κ3) is 1.88. The van der Waals surface area contributed by atoms with Crippen LogP contribution >= 0.6 is 0 Å². The van der Waals surface area contributed by atoms with Gasteiger partial charge in [-0.25, -0.2) is 4.98 Å². The van der Waals surface area contributed by atoms with Crippen molar-refractivity contribution in [3.05, 3.63) is 36.4 Å². The second kappa shape index (κ2) is 4.60. The molecule has 0 atom stereocenters. The topological polar surface area (TPSA) is 50.4 Å². The largest absolute Gasteiger partial charge is 0.494 e. The number of anilines is 1. The van der Waals surface area contributed by atoms with Crippen LogP contribution in [-0.4, -0.2) is 30.2 Å².